The van der Waals surface area contributed by atoms with E-state index < -0.39 is 4.92 Å². The van der Waals surface area contributed by atoms with Crippen molar-refractivity contribution in [3.05, 3.63) is 69.3 Å². The van der Waals surface area contributed by atoms with Crippen LogP contribution in [0.15, 0.2) is 42.5 Å². The van der Waals surface area contributed by atoms with Gasteiger partial charge in [-0.1, -0.05) is 31.2 Å². The Hall–Kier alpha value is -2.89. The number of amides is 1. The van der Waals surface area contributed by atoms with E-state index in [9.17, 15) is 14.9 Å². The minimum atomic E-state index is -0.395. The van der Waals surface area contributed by atoms with E-state index in [4.69, 9.17) is 0 Å². The first-order valence-electron chi connectivity index (χ1n) is 9.36. The Labute approximate surface area is 159 Å². The summed E-state index contributed by atoms with van der Waals surface area (Å²) in [5.41, 5.74) is 3.24. The number of benzene rings is 2. The van der Waals surface area contributed by atoms with E-state index in [1.54, 1.807) is 24.1 Å². The van der Waals surface area contributed by atoms with Crippen molar-refractivity contribution in [3.8, 4) is 0 Å². The molecular formula is C21H25N3O3. The topological polar surface area (TPSA) is 66.7 Å². The SMILES string of the molecule is CCc1ccc(CN(C)C(=O)c2ccc(N3CCCC3)c([N+](=O)[O-])c2)cc1. The molecule has 0 atom stereocenters. The summed E-state index contributed by atoms with van der Waals surface area (Å²) in [4.78, 5) is 27.5. The molecule has 0 bridgehead atoms. The summed E-state index contributed by atoms with van der Waals surface area (Å²) in [5, 5.41) is 11.5. The molecule has 27 heavy (non-hydrogen) atoms. The zero-order chi connectivity index (χ0) is 19.4. The molecule has 142 valence electrons. The maximum atomic E-state index is 12.8. The molecule has 0 aliphatic carbocycles. The highest BCUT2D eigenvalue weighted by atomic mass is 16.6. The summed E-state index contributed by atoms with van der Waals surface area (Å²) in [7, 11) is 1.72. The lowest BCUT2D eigenvalue weighted by atomic mass is 10.1. The molecule has 0 radical (unpaired) electrons. The first-order valence-corrected chi connectivity index (χ1v) is 9.36. The van der Waals surface area contributed by atoms with Crippen LogP contribution < -0.4 is 4.90 Å². The van der Waals surface area contributed by atoms with Gasteiger partial charge in [-0.15, -0.1) is 0 Å². The Morgan fingerprint density at radius 1 is 1.11 bits per heavy atom. The number of nitro benzene ring substituents is 1. The highest BCUT2D eigenvalue weighted by Crippen LogP contribution is 2.32. The van der Waals surface area contributed by atoms with E-state index in [-0.39, 0.29) is 11.6 Å². The molecule has 0 unspecified atom stereocenters. The van der Waals surface area contributed by atoms with Crippen molar-refractivity contribution in [2.45, 2.75) is 32.7 Å². The zero-order valence-electron chi connectivity index (χ0n) is 15.9. The Morgan fingerprint density at radius 3 is 2.33 bits per heavy atom. The number of aryl methyl sites for hydroxylation is 1. The lowest BCUT2D eigenvalue weighted by Crippen LogP contribution is -2.26. The van der Waals surface area contributed by atoms with Gasteiger partial charge in [0.15, 0.2) is 0 Å². The number of rotatable bonds is 6. The molecule has 0 spiro atoms. The molecule has 1 aliphatic heterocycles. The van der Waals surface area contributed by atoms with Crippen LogP contribution in [0.3, 0.4) is 0 Å². The highest BCUT2D eigenvalue weighted by molar-refractivity contribution is 5.95. The second kappa shape index (κ2) is 8.20. The Bertz CT molecular complexity index is 827. The molecule has 0 N–H and O–H groups in total. The molecule has 0 aromatic heterocycles. The number of carbonyl (C=O) groups excluding carboxylic acids is 1. The van der Waals surface area contributed by atoms with Crippen molar-refractivity contribution < 1.29 is 9.72 Å². The third-order valence-electron chi connectivity index (χ3n) is 5.06. The van der Waals surface area contributed by atoms with Gasteiger partial charge >= 0.3 is 0 Å². The summed E-state index contributed by atoms with van der Waals surface area (Å²) in [6, 6.07) is 13.0. The fraction of sp³-hybridized carbons (Fsp3) is 0.381. The molecule has 1 heterocycles. The van der Waals surface area contributed by atoms with Crippen LogP contribution in [0.4, 0.5) is 11.4 Å². The van der Waals surface area contributed by atoms with Crippen molar-refractivity contribution in [2.24, 2.45) is 0 Å². The minimum absolute atomic E-state index is 0.00319. The van der Waals surface area contributed by atoms with Gasteiger partial charge in [-0.25, -0.2) is 0 Å². The highest BCUT2D eigenvalue weighted by Gasteiger charge is 2.24. The summed E-state index contributed by atoms with van der Waals surface area (Å²) in [5.74, 6) is -0.217. The molecule has 0 saturated carbocycles. The van der Waals surface area contributed by atoms with Crippen molar-refractivity contribution >= 4 is 17.3 Å². The monoisotopic (exact) mass is 367 g/mol. The summed E-state index contributed by atoms with van der Waals surface area (Å²) in [6.45, 7) is 4.21. The van der Waals surface area contributed by atoms with Gasteiger partial charge in [0.25, 0.3) is 11.6 Å². The molecule has 3 rings (SSSR count). The first-order chi connectivity index (χ1) is 13.0. The third-order valence-corrected chi connectivity index (χ3v) is 5.06. The van der Waals surface area contributed by atoms with E-state index in [1.807, 2.05) is 17.0 Å². The van der Waals surface area contributed by atoms with Crippen LogP contribution in [0.1, 0.15) is 41.3 Å². The molecule has 6 heteroatoms. The van der Waals surface area contributed by atoms with Crippen molar-refractivity contribution in [1.29, 1.82) is 0 Å². The van der Waals surface area contributed by atoms with Gasteiger partial charge in [-0.3, -0.25) is 14.9 Å². The minimum Gasteiger partial charge on any atom is -0.366 e. The van der Waals surface area contributed by atoms with Crippen molar-refractivity contribution in [2.75, 3.05) is 25.0 Å². The van der Waals surface area contributed by atoms with E-state index in [2.05, 4.69) is 19.1 Å². The third kappa shape index (κ3) is 4.27. The van der Waals surface area contributed by atoms with Gasteiger partial charge in [0, 0.05) is 38.3 Å². The van der Waals surface area contributed by atoms with Crippen LogP contribution in [0.5, 0.6) is 0 Å². The van der Waals surface area contributed by atoms with Crippen molar-refractivity contribution in [1.82, 2.24) is 4.90 Å². The molecule has 2 aromatic rings. The lowest BCUT2D eigenvalue weighted by molar-refractivity contribution is -0.384. The molecule has 1 aliphatic rings. The molecule has 6 nitrogen and oxygen atoms in total. The Balaban J connectivity index is 1.78. The van der Waals surface area contributed by atoms with Gasteiger partial charge in [-0.2, -0.15) is 0 Å². The van der Waals surface area contributed by atoms with Crippen LogP contribution in [-0.2, 0) is 13.0 Å². The number of anilines is 1. The quantitative estimate of drug-likeness (QED) is 0.571. The van der Waals surface area contributed by atoms with Gasteiger partial charge in [0.05, 0.1) is 4.92 Å². The van der Waals surface area contributed by atoms with Crippen LogP contribution in [0.2, 0.25) is 0 Å². The predicted octanol–water partition coefficient (Wildman–Crippen LogP) is 4.03. The first kappa shape index (κ1) is 18.9. The fourth-order valence-corrected chi connectivity index (χ4v) is 3.47. The zero-order valence-corrected chi connectivity index (χ0v) is 15.9. The second-order valence-electron chi connectivity index (χ2n) is 6.99. The second-order valence-corrected chi connectivity index (χ2v) is 6.99. The Kier molecular flexibility index (Phi) is 5.74. The van der Waals surface area contributed by atoms with E-state index in [1.165, 1.54) is 11.6 Å². The maximum absolute atomic E-state index is 12.8. The average molecular weight is 367 g/mol. The Morgan fingerprint density at radius 2 is 1.74 bits per heavy atom. The van der Waals surface area contributed by atoms with E-state index in [0.717, 1.165) is 37.9 Å². The summed E-state index contributed by atoms with van der Waals surface area (Å²) in [6.07, 6.45) is 3.05. The van der Waals surface area contributed by atoms with E-state index in [0.29, 0.717) is 17.8 Å². The largest absolute Gasteiger partial charge is 0.366 e. The van der Waals surface area contributed by atoms with Gasteiger partial charge in [-0.05, 0) is 42.5 Å². The molecule has 1 amide bonds. The predicted molar refractivity (Wildman–Crippen MR) is 106 cm³/mol. The van der Waals surface area contributed by atoms with Crippen molar-refractivity contribution in [3.63, 3.8) is 0 Å². The summed E-state index contributed by atoms with van der Waals surface area (Å²) >= 11 is 0. The van der Waals surface area contributed by atoms with Crippen LogP contribution >= 0.6 is 0 Å². The van der Waals surface area contributed by atoms with Crippen LogP contribution in [0.25, 0.3) is 0 Å². The number of carbonyl (C=O) groups is 1. The molecule has 2 aromatic carbocycles. The van der Waals surface area contributed by atoms with Gasteiger partial charge < -0.3 is 9.80 Å². The summed E-state index contributed by atoms with van der Waals surface area (Å²) < 4.78 is 0. The normalized spacial score (nSPS) is 13.6. The average Bonchev–Trinajstić information content (AvgIpc) is 3.22. The molecule has 1 saturated heterocycles. The number of nitrogens with zero attached hydrogens (tertiary/aromatic N) is 3. The van der Waals surface area contributed by atoms with E-state index >= 15 is 0 Å². The maximum Gasteiger partial charge on any atom is 0.293 e. The number of nitro groups is 1. The number of hydrogen-bond donors (Lipinski definition) is 0. The fourth-order valence-electron chi connectivity index (χ4n) is 3.47. The lowest BCUT2D eigenvalue weighted by Gasteiger charge is -2.20. The van der Waals surface area contributed by atoms with Gasteiger partial charge in [0.2, 0.25) is 0 Å². The van der Waals surface area contributed by atoms with Crippen LogP contribution in [0, 0.1) is 10.1 Å². The standard InChI is InChI=1S/C21H25N3O3/c1-3-16-6-8-17(9-7-16)15-22(2)21(25)18-10-11-19(20(14-18)24(26)27)23-12-4-5-13-23/h6-11,14H,3-5,12-13,15H2,1-2H3. The smallest absolute Gasteiger partial charge is 0.293 e. The molecule has 1 fully saturated rings. The van der Waals surface area contributed by atoms with Gasteiger partial charge in [0.1, 0.15) is 5.69 Å². The number of hydrogen-bond acceptors (Lipinski definition) is 4. The molecular weight excluding hydrogens is 342 g/mol. The van der Waals surface area contributed by atoms with Crippen LogP contribution in [-0.4, -0.2) is 35.9 Å².